The van der Waals surface area contributed by atoms with Crippen molar-refractivity contribution in [3.8, 4) is 0 Å². The van der Waals surface area contributed by atoms with Crippen LogP contribution in [0.3, 0.4) is 0 Å². The molecule has 4 nitrogen and oxygen atoms in total. The predicted molar refractivity (Wildman–Crippen MR) is 72.7 cm³/mol. The number of anilines is 1. The van der Waals surface area contributed by atoms with Gasteiger partial charge in [0.05, 0.1) is 0 Å². The summed E-state index contributed by atoms with van der Waals surface area (Å²) in [5.74, 6) is 1.47. The van der Waals surface area contributed by atoms with E-state index in [4.69, 9.17) is 0 Å². The lowest BCUT2D eigenvalue weighted by Crippen LogP contribution is -2.21. The van der Waals surface area contributed by atoms with Crippen LogP contribution < -0.4 is 5.32 Å². The minimum Gasteiger partial charge on any atom is -0.352 e. The molecule has 0 spiro atoms. The third-order valence-corrected chi connectivity index (χ3v) is 4.21. The Morgan fingerprint density at radius 3 is 2.89 bits per heavy atom. The third-order valence-electron chi connectivity index (χ3n) is 4.21. The Bertz CT molecular complexity index is 566. The average molecular weight is 244 g/mol. The van der Waals surface area contributed by atoms with E-state index in [1.807, 2.05) is 22.8 Å². The SMILES string of the molecule is Cc1ccn2nc(NCC3(C(C)C)CC3)nc2c1. The van der Waals surface area contributed by atoms with Gasteiger partial charge in [0, 0.05) is 12.7 Å². The van der Waals surface area contributed by atoms with Crippen LogP contribution in [0.5, 0.6) is 0 Å². The van der Waals surface area contributed by atoms with Crippen molar-refractivity contribution in [3.05, 3.63) is 23.9 Å². The second kappa shape index (κ2) is 3.97. The van der Waals surface area contributed by atoms with Gasteiger partial charge in [0.1, 0.15) is 0 Å². The summed E-state index contributed by atoms with van der Waals surface area (Å²) in [6.45, 7) is 7.66. The van der Waals surface area contributed by atoms with Crippen molar-refractivity contribution in [2.24, 2.45) is 11.3 Å². The van der Waals surface area contributed by atoms with Gasteiger partial charge in [-0.1, -0.05) is 13.8 Å². The Balaban J connectivity index is 1.75. The van der Waals surface area contributed by atoms with Crippen molar-refractivity contribution >= 4 is 11.6 Å². The van der Waals surface area contributed by atoms with Crippen LogP contribution in [0.4, 0.5) is 5.95 Å². The molecule has 0 radical (unpaired) electrons. The van der Waals surface area contributed by atoms with Crippen LogP contribution in [0, 0.1) is 18.3 Å². The molecule has 1 saturated carbocycles. The smallest absolute Gasteiger partial charge is 0.243 e. The molecule has 18 heavy (non-hydrogen) atoms. The van der Waals surface area contributed by atoms with E-state index in [1.165, 1.54) is 18.4 Å². The Hall–Kier alpha value is -1.58. The normalized spacial score (nSPS) is 17.3. The van der Waals surface area contributed by atoms with E-state index in [0.717, 1.165) is 24.1 Å². The number of nitrogens with one attached hydrogen (secondary N) is 1. The molecule has 2 heterocycles. The molecule has 0 amide bonds. The molecule has 1 fully saturated rings. The quantitative estimate of drug-likeness (QED) is 0.899. The van der Waals surface area contributed by atoms with E-state index in [9.17, 15) is 0 Å². The number of hydrogen-bond donors (Lipinski definition) is 1. The highest BCUT2D eigenvalue weighted by molar-refractivity contribution is 5.45. The number of aromatic nitrogens is 3. The minimum absolute atomic E-state index is 0.480. The highest BCUT2D eigenvalue weighted by Gasteiger charge is 2.45. The van der Waals surface area contributed by atoms with Gasteiger partial charge in [-0.2, -0.15) is 4.98 Å². The lowest BCUT2D eigenvalue weighted by molar-refractivity contribution is 0.379. The van der Waals surface area contributed by atoms with Gasteiger partial charge < -0.3 is 5.32 Å². The van der Waals surface area contributed by atoms with E-state index >= 15 is 0 Å². The Labute approximate surface area is 107 Å². The predicted octanol–water partition coefficient (Wildman–Crippen LogP) is 2.89. The molecule has 2 aromatic heterocycles. The Morgan fingerprint density at radius 1 is 1.44 bits per heavy atom. The zero-order valence-electron chi connectivity index (χ0n) is 11.3. The number of rotatable bonds is 4. The molecule has 0 unspecified atom stereocenters. The number of nitrogens with zero attached hydrogens (tertiary/aromatic N) is 3. The van der Waals surface area contributed by atoms with Crippen LogP contribution in [-0.4, -0.2) is 21.1 Å². The summed E-state index contributed by atoms with van der Waals surface area (Å²) in [4.78, 5) is 4.50. The maximum atomic E-state index is 4.50. The van der Waals surface area contributed by atoms with E-state index < -0.39 is 0 Å². The van der Waals surface area contributed by atoms with Crippen LogP contribution in [0.25, 0.3) is 5.65 Å². The molecule has 0 atom stereocenters. The van der Waals surface area contributed by atoms with Gasteiger partial charge in [0.15, 0.2) is 5.65 Å². The van der Waals surface area contributed by atoms with Crippen LogP contribution >= 0.6 is 0 Å². The van der Waals surface area contributed by atoms with Gasteiger partial charge in [-0.15, -0.1) is 5.10 Å². The fraction of sp³-hybridized carbons (Fsp3) is 0.571. The topological polar surface area (TPSA) is 42.2 Å². The summed E-state index contributed by atoms with van der Waals surface area (Å²) < 4.78 is 1.82. The summed E-state index contributed by atoms with van der Waals surface area (Å²) in [7, 11) is 0. The molecule has 4 heteroatoms. The second-order valence-corrected chi connectivity index (χ2v) is 5.81. The fourth-order valence-corrected chi connectivity index (χ4v) is 2.43. The van der Waals surface area contributed by atoms with Gasteiger partial charge in [-0.05, 0) is 48.8 Å². The number of hydrogen-bond acceptors (Lipinski definition) is 3. The molecule has 96 valence electrons. The van der Waals surface area contributed by atoms with Gasteiger partial charge in [-0.3, -0.25) is 0 Å². The first-order valence-electron chi connectivity index (χ1n) is 6.66. The Kier molecular flexibility index (Phi) is 2.54. The average Bonchev–Trinajstić information content (AvgIpc) is 3.02. The van der Waals surface area contributed by atoms with Gasteiger partial charge in [0.2, 0.25) is 5.95 Å². The fourth-order valence-electron chi connectivity index (χ4n) is 2.43. The zero-order valence-corrected chi connectivity index (χ0v) is 11.3. The first-order valence-corrected chi connectivity index (χ1v) is 6.66. The number of aryl methyl sites for hydroxylation is 1. The van der Waals surface area contributed by atoms with Crippen molar-refractivity contribution in [2.75, 3.05) is 11.9 Å². The number of fused-ring (bicyclic) bond motifs is 1. The van der Waals surface area contributed by atoms with Crippen molar-refractivity contribution in [2.45, 2.75) is 33.6 Å². The maximum absolute atomic E-state index is 4.50. The molecule has 0 bridgehead atoms. The molecule has 0 aliphatic heterocycles. The molecule has 1 aliphatic rings. The molecule has 3 rings (SSSR count). The first kappa shape index (κ1) is 11.5. The van der Waals surface area contributed by atoms with Crippen LogP contribution in [0.15, 0.2) is 18.3 Å². The van der Waals surface area contributed by atoms with E-state index in [-0.39, 0.29) is 0 Å². The molecule has 0 saturated heterocycles. The summed E-state index contributed by atoms with van der Waals surface area (Å²) in [5, 5.41) is 7.83. The maximum Gasteiger partial charge on any atom is 0.243 e. The van der Waals surface area contributed by atoms with Crippen LogP contribution in [0.1, 0.15) is 32.3 Å². The standard InChI is InChI=1S/C14H20N4/c1-10(2)14(5-6-14)9-15-13-16-12-8-11(3)4-7-18(12)17-13/h4,7-8,10H,5-6,9H2,1-3H3,(H,15,17). The van der Waals surface area contributed by atoms with Crippen LogP contribution in [0.2, 0.25) is 0 Å². The minimum atomic E-state index is 0.480. The van der Waals surface area contributed by atoms with E-state index in [2.05, 4.69) is 36.2 Å². The van der Waals surface area contributed by atoms with Gasteiger partial charge >= 0.3 is 0 Å². The van der Waals surface area contributed by atoms with Crippen molar-refractivity contribution in [1.82, 2.24) is 14.6 Å². The lowest BCUT2D eigenvalue weighted by atomic mass is 9.92. The van der Waals surface area contributed by atoms with Gasteiger partial charge in [0.25, 0.3) is 0 Å². The summed E-state index contributed by atoms with van der Waals surface area (Å²) >= 11 is 0. The van der Waals surface area contributed by atoms with Crippen LogP contribution in [-0.2, 0) is 0 Å². The lowest BCUT2D eigenvalue weighted by Gasteiger charge is -2.19. The highest BCUT2D eigenvalue weighted by Crippen LogP contribution is 2.51. The van der Waals surface area contributed by atoms with Crippen molar-refractivity contribution in [1.29, 1.82) is 0 Å². The summed E-state index contributed by atoms with van der Waals surface area (Å²) in [5.41, 5.74) is 2.60. The Morgan fingerprint density at radius 2 is 2.22 bits per heavy atom. The molecule has 0 aromatic carbocycles. The summed E-state index contributed by atoms with van der Waals surface area (Å²) in [6.07, 6.45) is 4.60. The molecular weight excluding hydrogens is 224 g/mol. The zero-order chi connectivity index (χ0) is 12.8. The van der Waals surface area contributed by atoms with E-state index in [1.54, 1.807) is 0 Å². The monoisotopic (exact) mass is 244 g/mol. The molecule has 2 aromatic rings. The highest BCUT2D eigenvalue weighted by atomic mass is 15.3. The largest absolute Gasteiger partial charge is 0.352 e. The van der Waals surface area contributed by atoms with Crippen molar-refractivity contribution in [3.63, 3.8) is 0 Å². The second-order valence-electron chi connectivity index (χ2n) is 5.81. The molecule has 1 aliphatic carbocycles. The third kappa shape index (κ3) is 1.96. The van der Waals surface area contributed by atoms with Crippen molar-refractivity contribution < 1.29 is 0 Å². The molecule has 1 N–H and O–H groups in total. The van der Waals surface area contributed by atoms with Gasteiger partial charge in [-0.25, -0.2) is 4.52 Å². The summed E-state index contributed by atoms with van der Waals surface area (Å²) in [6, 6.07) is 4.09. The van der Waals surface area contributed by atoms with E-state index in [0.29, 0.717) is 5.41 Å². The first-order chi connectivity index (χ1) is 8.59. The number of pyridine rings is 1. The molecular formula is C14H20N4.